The maximum Gasteiger partial charge on any atom is 0.140 e. The van der Waals surface area contributed by atoms with Crippen molar-refractivity contribution in [2.75, 3.05) is 0 Å². The molecule has 0 saturated heterocycles. The summed E-state index contributed by atoms with van der Waals surface area (Å²) in [6, 6.07) is 71.3. The molecule has 0 saturated carbocycles. The zero-order valence-corrected chi connectivity index (χ0v) is 30.3. The maximum atomic E-state index is 7.03. The van der Waals surface area contributed by atoms with E-state index in [4.69, 9.17) is 4.74 Å². The minimum Gasteiger partial charge on any atom is -0.456 e. The number of fused-ring (bicyclic) bond motifs is 17. The Morgan fingerprint density at radius 1 is 0.375 bits per heavy atom. The molecule has 260 valence electrons. The third-order valence-electron chi connectivity index (χ3n) is 12.6. The monoisotopic (exact) mass is 712 g/mol. The van der Waals surface area contributed by atoms with Gasteiger partial charge in [-0.1, -0.05) is 146 Å². The second-order valence-corrected chi connectivity index (χ2v) is 15.2. The van der Waals surface area contributed by atoms with Gasteiger partial charge in [0.25, 0.3) is 0 Å². The van der Waals surface area contributed by atoms with Gasteiger partial charge in [-0.2, -0.15) is 0 Å². The molecule has 0 amide bonds. The Bertz CT molecular complexity index is 3370. The fourth-order valence-electron chi connectivity index (χ4n) is 10.4. The van der Waals surface area contributed by atoms with Gasteiger partial charge in [-0.25, -0.2) is 0 Å². The molecule has 0 fully saturated rings. The second-order valence-electron chi connectivity index (χ2n) is 15.2. The molecule has 3 nitrogen and oxygen atoms in total. The van der Waals surface area contributed by atoms with Crippen molar-refractivity contribution in [1.82, 2.24) is 9.13 Å². The molecule has 2 aromatic heterocycles. The molecular weight excluding hydrogens is 681 g/mol. The fraction of sp³-hybridized carbons (Fsp3) is 0.0189. The standard InChI is InChI=1S/C53H32N2O/c1-2-15-35-33(14-1)28-31-43-52(35)56-50-27-12-7-20-41(50)53(43)42-21-13-26-49(55-47-24-10-5-18-38(47)39-19-6-11-25-48(39)55)51(42)40-30-29-34(32-44(40)53)54-45-22-8-3-16-36(45)37-17-4-9-23-46(37)54/h1-32H. The molecule has 0 N–H and O–H groups in total. The van der Waals surface area contributed by atoms with Crippen LogP contribution in [0.25, 0.3) is 76.9 Å². The van der Waals surface area contributed by atoms with Crippen molar-refractivity contribution < 1.29 is 4.74 Å². The predicted molar refractivity (Wildman–Crippen MR) is 230 cm³/mol. The molecule has 13 rings (SSSR count). The Balaban J connectivity index is 1.21. The molecule has 11 aromatic rings. The number of ether oxygens (including phenoxy) is 1. The van der Waals surface area contributed by atoms with Gasteiger partial charge in [0.15, 0.2) is 0 Å². The van der Waals surface area contributed by atoms with Gasteiger partial charge in [0, 0.05) is 49.3 Å². The summed E-state index contributed by atoms with van der Waals surface area (Å²) in [5, 5.41) is 7.29. The summed E-state index contributed by atoms with van der Waals surface area (Å²) in [7, 11) is 0. The topological polar surface area (TPSA) is 19.1 Å². The first kappa shape index (κ1) is 30.0. The number of hydrogen-bond acceptors (Lipinski definition) is 1. The third kappa shape index (κ3) is 3.67. The van der Waals surface area contributed by atoms with E-state index in [2.05, 4.69) is 203 Å². The molecule has 1 aliphatic heterocycles. The largest absolute Gasteiger partial charge is 0.456 e. The van der Waals surface area contributed by atoms with E-state index in [9.17, 15) is 0 Å². The zero-order chi connectivity index (χ0) is 36.5. The van der Waals surface area contributed by atoms with Crippen LogP contribution in [0.15, 0.2) is 194 Å². The van der Waals surface area contributed by atoms with Crippen LogP contribution in [0.3, 0.4) is 0 Å². The molecule has 0 radical (unpaired) electrons. The highest BCUT2D eigenvalue weighted by atomic mass is 16.5. The molecule has 1 atom stereocenters. The number of nitrogens with zero attached hydrogens (tertiary/aromatic N) is 2. The van der Waals surface area contributed by atoms with Crippen LogP contribution in [0, 0.1) is 0 Å². The first-order valence-corrected chi connectivity index (χ1v) is 19.4. The number of para-hydroxylation sites is 5. The first-order valence-electron chi connectivity index (χ1n) is 19.4. The highest BCUT2D eigenvalue weighted by molar-refractivity contribution is 6.11. The van der Waals surface area contributed by atoms with E-state index in [-0.39, 0.29) is 0 Å². The highest BCUT2D eigenvalue weighted by Crippen LogP contribution is 2.64. The molecule has 9 aromatic carbocycles. The Labute approximate surface area is 322 Å². The minimum absolute atomic E-state index is 0.664. The molecule has 0 bridgehead atoms. The van der Waals surface area contributed by atoms with Crippen molar-refractivity contribution in [2.24, 2.45) is 0 Å². The van der Waals surface area contributed by atoms with Crippen LogP contribution < -0.4 is 4.74 Å². The summed E-state index contributed by atoms with van der Waals surface area (Å²) in [4.78, 5) is 0. The predicted octanol–water partition coefficient (Wildman–Crippen LogP) is 13.5. The third-order valence-corrected chi connectivity index (χ3v) is 12.6. The highest BCUT2D eigenvalue weighted by Gasteiger charge is 2.52. The Morgan fingerprint density at radius 3 is 1.61 bits per heavy atom. The molecule has 2 aliphatic rings. The maximum absolute atomic E-state index is 7.03. The van der Waals surface area contributed by atoms with Crippen molar-refractivity contribution in [3.8, 4) is 34.0 Å². The van der Waals surface area contributed by atoms with Crippen molar-refractivity contribution in [1.29, 1.82) is 0 Å². The molecule has 3 heteroatoms. The van der Waals surface area contributed by atoms with E-state index < -0.39 is 5.41 Å². The fourth-order valence-corrected chi connectivity index (χ4v) is 10.4. The van der Waals surface area contributed by atoms with Crippen LogP contribution in [0.4, 0.5) is 0 Å². The van der Waals surface area contributed by atoms with Gasteiger partial charge >= 0.3 is 0 Å². The van der Waals surface area contributed by atoms with Crippen molar-refractivity contribution in [2.45, 2.75) is 5.41 Å². The van der Waals surface area contributed by atoms with Crippen molar-refractivity contribution in [3.63, 3.8) is 0 Å². The first-order chi connectivity index (χ1) is 27.8. The van der Waals surface area contributed by atoms with Gasteiger partial charge in [-0.3, -0.25) is 0 Å². The van der Waals surface area contributed by atoms with E-state index in [0.717, 1.165) is 39.1 Å². The molecule has 1 spiro atoms. The van der Waals surface area contributed by atoms with Crippen molar-refractivity contribution in [3.05, 3.63) is 216 Å². The van der Waals surface area contributed by atoms with E-state index in [0.29, 0.717) is 0 Å². The van der Waals surface area contributed by atoms with Crippen LogP contribution in [0.2, 0.25) is 0 Å². The minimum atomic E-state index is -0.664. The number of rotatable bonds is 2. The number of benzene rings is 9. The smallest absolute Gasteiger partial charge is 0.140 e. The van der Waals surface area contributed by atoms with E-state index in [1.165, 1.54) is 71.6 Å². The Hall–Kier alpha value is -7.36. The molecular formula is C53H32N2O. The lowest BCUT2D eigenvalue weighted by molar-refractivity contribution is 0.441. The van der Waals surface area contributed by atoms with E-state index in [1.54, 1.807) is 0 Å². The van der Waals surface area contributed by atoms with Gasteiger partial charge in [-0.05, 0) is 70.6 Å². The van der Waals surface area contributed by atoms with Crippen molar-refractivity contribution >= 4 is 54.4 Å². The van der Waals surface area contributed by atoms with Crippen LogP contribution in [0.5, 0.6) is 11.5 Å². The molecule has 3 heterocycles. The lowest BCUT2D eigenvalue weighted by atomic mass is 9.65. The van der Waals surface area contributed by atoms with Gasteiger partial charge in [0.1, 0.15) is 11.5 Å². The van der Waals surface area contributed by atoms with Crippen LogP contribution in [-0.2, 0) is 5.41 Å². The van der Waals surface area contributed by atoms with Gasteiger partial charge in [0.05, 0.1) is 33.2 Å². The summed E-state index contributed by atoms with van der Waals surface area (Å²) >= 11 is 0. The number of aromatic nitrogens is 2. The lowest BCUT2D eigenvalue weighted by Gasteiger charge is -2.40. The average molecular weight is 713 g/mol. The quantitative estimate of drug-likeness (QED) is 0.175. The summed E-state index contributed by atoms with van der Waals surface area (Å²) in [5.74, 6) is 1.81. The number of hydrogen-bond donors (Lipinski definition) is 0. The Morgan fingerprint density at radius 2 is 0.929 bits per heavy atom. The van der Waals surface area contributed by atoms with Crippen LogP contribution in [-0.4, -0.2) is 9.13 Å². The Kier molecular flexibility index (Phi) is 5.83. The average Bonchev–Trinajstić information content (AvgIpc) is 3.88. The second kappa shape index (κ2) is 10.9. The SMILES string of the molecule is c1ccc2c(c1)Oc1c(ccc3ccccc13)C21c2cc(-n3c4ccccc4c4ccccc43)ccc2-c2c(-n3c4ccccc4c4ccccc43)cccc21. The zero-order valence-electron chi connectivity index (χ0n) is 30.3. The van der Waals surface area contributed by atoms with E-state index in [1.807, 2.05) is 0 Å². The summed E-state index contributed by atoms with van der Waals surface area (Å²) in [6.07, 6.45) is 0. The summed E-state index contributed by atoms with van der Waals surface area (Å²) in [6.45, 7) is 0. The normalized spacial score (nSPS) is 15.4. The summed E-state index contributed by atoms with van der Waals surface area (Å²) < 4.78 is 12.0. The van der Waals surface area contributed by atoms with Crippen LogP contribution in [0.1, 0.15) is 22.3 Å². The van der Waals surface area contributed by atoms with Gasteiger partial charge in [-0.15, -0.1) is 0 Å². The summed E-state index contributed by atoms with van der Waals surface area (Å²) in [5.41, 5.74) is 13.8. The van der Waals surface area contributed by atoms with E-state index >= 15 is 0 Å². The molecule has 1 unspecified atom stereocenters. The van der Waals surface area contributed by atoms with Gasteiger partial charge in [0.2, 0.25) is 0 Å². The van der Waals surface area contributed by atoms with Crippen LogP contribution >= 0.6 is 0 Å². The molecule has 1 aliphatic carbocycles. The van der Waals surface area contributed by atoms with Gasteiger partial charge < -0.3 is 13.9 Å². The lowest BCUT2D eigenvalue weighted by Crippen LogP contribution is -2.32. The molecule has 56 heavy (non-hydrogen) atoms.